The molecule has 1 N–H and O–H groups in total. The Morgan fingerprint density at radius 3 is 2.20 bits per heavy atom. The van der Waals surface area contributed by atoms with Gasteiger partial charge in [0.2, 0.25) is 0 Å². The smallest absolute Gasteiger partial charge is 0.126 e. The van der Waals surface area contributed by atoms with Gasteiger partial charge in [-0.05, 0) is 50.9 Å². The largest absolute Gasteiger partial charge is 0.374 e. The van der Waals surface area contributed by atoms with Crippen LogP contribution in [0, 0.1) is 11.6 Å². The van der Waals surface area contributed by atoms with Crippen molar-refractivity contribution in [3.8, 4) is 0 Å². The minimum absolute atomic E-state index is 0.238. The van der Waals surface area contributed by atoms with Crippen LogP contribution in [0.4, 0.5) is 8.78 Å². The van der Waals surface area contributed by atoms with E-state index in [-0.39, 0.29) is 6.04 Å². The summed E-state index contributed by atoms with van der Waals surface area (Å²) >= 11 is 0. The fraction of sp³-hybridized carbons (Fsp3) is 0.625. The topological polar surface area (TPSA) is 21.3 Å². The standard InChI is InChI=1S/C16H25F2NO/c1-5-8-19-15(16(4,6-2)20-7-3)12-9-13(17)11-14(18)10-12/h9-11,15,19H,5-8H2,1-4H3. The Kier molecular flexibility index (Phi) is 6.56. The molecular weight excluding hydrogens is 260 g/mol. The number of nitrogens with one attached hydrogen (secondary N) is 1. The molecule has 0 bridgehead atoms. The molecule has 0 aliphatic carbocycles. The summed E-state index contributed by atoms with van der Waals surface area (Å²) in [6.07, 6.45) is 1.70. The molecule has 2 atom stereocenters. The van der Waals surface area contributed by atoms with Gasteiger partial charge >= 0.3 is 0 Å². The van der Waals surface area contributed by atoms with Gasteiger partial charge in [0.15, 0.2) is 0 Å². The Morgan fingerprint density at radius 1 is 1.15 bits per heavy atom. The summed E-state index contributed by atoms with van der Waals surface area (Å²) < 4.78 is 32.8. The number of rotatable bonds is 8. The summed E-state index contributed by atoms with van der Waals surface area (Å²) in [6, 6.07) is 3.41. The van der Waals surface area contributed by atoms with Crippen LogP contribution in [0.1, 0.15) is 52.1 Å². The van der Waals surface area contributed by atoms with Crippen molar-refractivity contribution in [2.75, 3.05) is 13.2 Å². The molecule has 20 heavy (non-hydrogen) atoms. The van der Waals surface area contributed by atoms with E-state index in [1.54, 1.807) is 0 Å². The van der Waals surface area contributed by atoms with Crippen LogP contribution >= 0.6 is 0 Å². The molecule has 2 unspecified atom stereocenters. The molecule has 1 aromatic carbocycles. The van der Waals surface area contributed by atoms with Crippen molar-refractivity contribution in [3.05, 3.63) is 35.4 Å². The minimum Gasteiger partial charge on any atom is -0.374 e. The first-order chi connectivity index (χ1) is 9.46. The van der Waals surface area contributed by atoms with E-state index in [0.29, 0.717) is 12.2 Å². The molecular formula is C16H25F2NO. The minimum atomic E-state index is -0.557. The van der Waals surface area contributed by atoms with Crippen LogP contribution in [0.15, 0.2) is 18.2 Å². The first-order valence-corrected chi connectivity index (χ1v) is 7.30. The maximum absolute atomic E-state index is 13.5. The Morgan fingerprint density at radius 2 is 1.75 bits per heavy atom. The van der Waals surface area contributed by atoms with E-state index >= 15 is 0 Å². The Bertz CT molecular complexity index is 405. The first kappa shape index (κ1) is 17.1. The quantitative estimate of drug-likeness (QED) is 0.772. The third-order valence-electron chi connectivity index (χ3n) is 3.60. The van der Waals surface area contributed by atoms with Crippen molar-refractivity contribution >= 4 is 0 Å². The lowest BCUT2D eigenvalue weighted by atomic mass is 9.87. The summed E-state index contributed by atoms with van der Waals surface area (Å²) in [5, 5.41) is 3.36. The molecule has 4 heteroatoms. The normalized spacial score (nSPS) is 15.9. The van der Waals surface area contributed by atoms with Gasteiger partial charge < -0.3 is 10.1 Å². The monoisotopic (exact) mass is 285 g/mol. The molecule has 0 aliphatic heterocycles. The molecule has 1 aromatic rings. The summed E-state index contributed by atoms with van der Waals surface area (Å²) in [5.74, 6) is -1.11. The van der Waals surface area contributed by atoms with Gasteiger partial charge in [-0.1, -0.05) is 13.8 Å². The van der Waals surface area contributed by atoms with Crippen LogP contribution in [-0.2, 0) is 4.74 Å². The number of ether oxygens (including phenoxy) is 1. The lowest BCUT2D eigenvalue weighted by Gasteiger charge is -2.38. The van der Waals surface area contributed by atoms with Crippen LogP contribution < -0.4 is 5.32 Å². The molecule has 114 valence electrons. The summed E-state index contributed by atoms with van der Waals surface area (Å²) in [4.78, 5) is 0. The first-order valence-electron chi connectivity index (χ1n) is 7.30. The van der Waals surface area contributed by atoms with E-state index in [2.05, 4.69) is 12.2 Å². The molecule has 0 aliphatic rings. The highest BCUT2D eigenvalue weighted by Crippen LogP contribution is 2.33. The van der Waals surface area contributed by atoms with Gasteiger partial charge in [-0.15, -0.1) is 0 Å². The predicted molar refractivity (Wildman–Crippen MR) is 77.7 cm³/mol. The Balaban J connectivity index is 3.15. The highest BCUT2D eigenvalue weighted by atomic mass is 19.1. The van der Waals surface area contributed by atoms with Gasteiger partial charge in [-0.3, -0.25) is 0 Å². The van der Waals surface area contributed by atoms with Crippen molar-refractivity contribution in [2.24, 2.45) is 0 Å². The second kappa shape index (κ2) is 7.70. The zero-order chi connectivity index (χ0) is 15.2. The lowest BCUT2D eigenvalue weighted by molar-refractivity contribution is -0.0563. The van der Waals surface area contributed by atoms with Crippen LogP contribution in [-0.4, -0.2) is 18.8 Å². The molecule has 2 nitrogen and oxygen atoms in total. The number of hydrogen-bond acceptors (Lipinski definition) is 2. The molecule has 0 spiro atoms. The van der Waals surface area contributed by atoms with E-state index < -0.39 is 17.2 Å². The molecule has 0 radical (unpaired) electrons. The predicted octanol–water partition coefficient (Wildman–Crippen LogP) is 4.21. The second-order valence-corrected chi connectivity index (χ2v) is 5.19. The number of benzene rings is 1. The molecule has 0 aromatic heterocycles. The maximum Gasteiger partial charge on any atom is 0.126 e. The van der Waals surface area contributed by atoms with E-state index in [9.17, 15) is 8.78 Å². The average Bonchev–Trinajstić information content (AvgIpc) is 2.38. The molecule has 1 rings (SSSR count). The fourth-order valence-corrected chi connectivity index (χ4v) is 2.44. The van der Waals surface area contributed by atoms with Crippen molar-refractivity contribution < 1.29 is 13.5 Å². The van der Waals surface area contributed by atoms with E-state index in [0.717, 1.165) is 25.5 Å². The zero-order valence-electron chi connectivity index (χ0n) is 12.8. The Hall–Kier alpha value is -1.00. The molecule has 0 amide bonds. The SMILES string of the molecule is CCCNC(c1cc(F)cc(F)c1)C(C)(CC)OCC. The van der Waals surface area contributed by atoms with E-state index in [1.165, 1.54) is 12.1 Å². The van der Waals surface area contributed by atoms with Gasteiger partial charge in [0.25, 0.3) is 0 Å². The summed E-state index contributed by atoms with van der Waals surface area (Å²) in [7, 11) is 0. The third-order valence-corrected chi connectivity index (χ3v) is 3.60. The molecule has 0 saturated heterocycles. The molecule has 0 fully saturated rings. The summed E-state index contributed by atoms with van der Waals surface area (Å²) in [6.45, 7) is 9.31. The van der Waals surface area contributed by atoms with Crippen LogP contribution in [0.25, 0.3) is 0 Å². The fourth-order valence-electron chi connectivity index (χ4n) is 2.44. The van der Waals surface area contributed by atoms with Gasteiger partial charge in [0.05, 0.1) is 11.6 Å². The van der Waals surface area contributed by atoms with Crippen LogP contribution in [0.2, 0.25) is 0 Å². The van der Waals surface area contributed by atoms with Gasteiger partial charge in [-0.25, -0.2) is 8.78 Å². The average molecular weight is 285 g/mol. The van der Waals surface area contributed by atoms with Crippen molar-refractivity contribution in [2.45, 2.75) is 52.2 Å². The lowest BCUT2D eigenvalue weighted by Crippen LogP contribution is -2.44. The van der Waals surface area contributed by atoms with E-state index in [1.807, 2.05) is 20.8 Å². The highest BCUT2D eigenvalue weighted by molar-refractivity contribution is 5.24. The van der Waals surface area contributed by atoms with Crippen molar-refractivity contribution in [1.82, 2.24) is 5.32 Å². The summed E-state index contributed by atoms with van der Waals surface area (Å²) in [5.41, 5.74) is 0.0956. The number of halogens is 2. The highest BCUT2D eigenvalue weighted by Gasteiger charge is 2.34. The number of hydrogen-bond donors (Lipinski definition) is 1. The zero-order valence-corrected chi connectivity index (χ0v) is 12.8. The van der Waals surface area contributed by atoms with Crippen molar-refractivity contribution in [1.29, 1.82) is 0 Å². The van der Waals surface area contributed by atoms with Gasteiger partial charge in [0.1, 0.15) is 11.6 Å². The Labute approximate surface area is 120 Å². The van der Waals surface area contributed by atoms with Crippen LogP contribution in [0.5, 0.6) is 0 Å². The molecule has 0 saturated carbocycles. The van der Waals surface area contributed by atoms with Crippen molar-refractivity contribution in [3.63, 3.8) is 0 Å². The maximum atomic E-state index is 13.5. The van der Waals surface area contributed by atoms with Crippen LogP contribution in [0.3, 0.4) is 0 Å². The second-order valence-electron chi connectivity index (χ2n) is 5.19. The van der Waals surface area contributed by atoms with E-state index in [4.69, 9.17) is 4.74 Å². The van der Waals surface area contributed by atoms with Gasteiger partial charge in [0, 0.05) is 12.7 Å². The molecule has 0 heterocycles. The van der Waals surface area contributed by atoms with Gasteiger partial charge in [-0.2, -0.15) is 0 Å². The third kappa shape index (κ3) is 4.25.